The molecule has 1 aliphatic rings. The number of hydrogen-bond acceptors (Lipinski definition) is 9. The van der Waals surface area contributed by atoms with Crippen LogP contribution in [0.5, 0.6) is 17.2 Å². The molecule has 12 heteroatoms. The third-order valence-electron chi connectivity index (χ3n) is 5.25. The van der Waals surface area contributed by atoms with Crippen molar-refractivity contribution in [2.75, 3.05) is 20.3 Å². The van der Waals surface area contributed by atoms with E-state index in [-0.39, 0.29) is 40.8 Å². The summed E-state index contributed by atoms with van der Waals surface area (Å²) in [5.41, 5.74) is 0.284. The van der Waals surface area contributed by atoms with Crippen LogP contribution in [-0.2, 0) is 4.79 Å². The minimum Gasteiger partial charge on any atom is -0.493 e. The molecule has 0 atom stereocenters. The van der Waals surface area contributed by atoms with Gasteiger partial charge in [-0.3, -0.25) is 24.6 Å². The second-order valence-corrected chi connectivity index (χ2v) is 9.17. The number of amides is 2. The minimum atomic E-state index is -0.804. The number of methoxy groups -OCH3 is 1. The van der Waals surface area contributed by atoms with E-state index in [1.54, 1.807) is 30.3 Å². The molecule has 1 heterocycles. The molecule has 1 saturated heterocycles. The average molecular weight is 555 g/mol. The highest BCUT2D eigenvalue weighted by molar-refractivity contribution is 8.18. The molecule has 0 aromatic heterocycles. The number of carbonyl (C=O) groups is 3. The predicted molar refractivity (Wildman–Crippen MR) is 141 cm³/mol. The van der Waals surface area contributed by atoms with Gasteiger partial charge in [0.25, 0.3) is 16.8 Å². The lowest BCUT2D eigenvalue weighted by atomic mass is 10.1. The number of nitrogens with zero attached hydrogens (tertiary/aromatic N) is 2. The molecule has 0 unspecified atom stereocenters. The molecule has 1 fully saturated rings. The zero-order valence-corrected chi connectivity index (χ0v) is 21.4. The monoisotopic (exact) mass is 554 g/mol. The van der Waals surface area contributed by atoms with Crippen molar-refractivity contribution in [3.8, 4) is 17.2 Å². The van der Waals surface area contributed by atoms with Crippen molar-refractivity contribution in [1.82, 2.24) is 4.90 Å². The molecule has 2 amide bonds. The Kier molecular flexibility index (Phi) is 8.29. The zero-order chi connectivity index (χ0) is 27.2. The van der Waals surface area contributed by atoms with Crippen LogP contribution in [0.1, 0.15) is 15.9 Å². The van der Waals surface area contributed by atoms with E-state index in [4.69, 9.17) is 25.8 Å². The van der Waals surface area contributed by atoms with Gasteiger partial charge in [0.05, 0.1) is 29.0 Å². The highest BCUT2D eigenvalue weighted by Gasteiger charge is 2.34. The summed E-state index contributed by atoms with van der Waals surface area (Å²) in [5.74, 6) is -0.432. The van der Waals surface area contributed by atoms with Crippen LogP contribution in [0, 0.1) is 10.1 Å². The first-order valence-electron chi connectivity index (χ1n) is 11.0. The number of carbonyl (C=O) groups excluding carboxylic acids is 3. The van der Waals surface area contributed by atoms with E-state index in [0.717, 1.165) is 22.7 Å². The minimum absolute atomic E-state index is 0.000884. The van der Waals surface area contributed by atoms with Gasteiger partial charge in [-0.1, -0.05) is 23.7 Å². The molecule has 194 valence electrons. The second-order valence-electron chi connectivity index (χ2n) is 7.74. The van der Waals surface area contributed by atoms with Gasteiger partial charge in [-0.05, 0) is 65.9 Å². The van der Waals surface area contributed by atoms with Crippen molar-refractivity contribution in [2.24, 2.45) is 0 Å². The first-order valence-corrected chi connectivity index (χ1v) is 12.2. The van der Waals surface area contributed by atoms with E-state index in [1.807, 2.05) is 0 Å². The first-order chi connectivity index (χ1) is 18.2. The summed E-state index contributed by atoms with van der Waals surface area (Å²) < 4.78 is 16.2. The predicted octanol–water partition coefficient (Wildman–Crippen LogP) is 5.59. The third kappa shape index (κ3) is 6.31. The third-order valence-corrected chi connectivity index (χ3v) is 6.41. The Balaban J connectivity index is 1.43. The Labute approximate surface area is 225 Å². The van der Waals surface area contributed by atoms with Crippen LogP contribution < -0.4 is 14.2 Å². The Morgan fingerprint density at radius 3 is 2.55 bits per heavy atom. The summed E-state index contributed by atoms with van der Waals surface area (Å²) in [7, 11) is 1.37. The molecule has 3 aromatic rings. The van der Waals surface area contributed by atoms with Gasteiger partial charge in [-0.25, -0.2) is 4.79 Å². The molecule has 4 rings (SSSR count). The highest BCUT2D eigenvalue weighted by Crippen LogP contribution is 2.35. The SMILES string of the molecule is COc1cc(/C=C2\SC(=O)N(CCOc3ccc(Cl)cc3)C2=O)ccc1OC(=O)c1cccc([N+](=O)[O-])c1. The van der Waals surface area contributed by atoms with E-state index in [9.17, 15) is 24.5 Å². The fourth-order valence-corrected chi connectivity index (χ4v) is 4.38. The molecular formula is C26H19ClN2O8S. The molecule has 0 bridgehead atoms. The Morgan fingerprint density at radius 2 is 1.84 bits per heavy atom. The van der Waals surface area contributed by atoms with Gasteiger partial charge < -0.3 is 14.2 Å². The fourth-order valence-electron chi connectivity index (χ4n) is 3.39. The van der Waals surface area contributed by atoms with E-state index in [0.29, 0.717) is 16.3 Å². The second kappa shape index (κ2) is 11.8. The normalized spacial score (nSPS) is 14.1. The summed E-state index contributed by atoms with van der Waals surface area (Å²) in [5, 5.41) is 11.1. The van der Waals surface area contributed by atoms with Crippen LogP contribution >= 0.6 is 23.4 Å². The largest absolute Gasteiger partial charge is 0.493 e. The Morgan fingerprint density at radius 1 is 1.08 bits per heavy atom. The van der Waals surface area contributed by atoms with Crippen molar-refractivity contribution in [2.45, 2.75) is 0 Å². The standard InChI is InChI=1S/C26H19ClN2O8S/c1-35-22-13-16(5-10-21(22)37-25(31)17-3-2-4-19(15-17)29(33)34)14-23-24(30)28(26(32)38-23)11-12-36-20-8-6-18(27)7-9-20/h2-10,13-15H,11-12H2,1H3/b23-14-. The lowest BCUT2D eigenvalue weighted by molar-refractivity contribution is -0.384. The maximum atomic E-state index is 12.8. The van der Waals surface area contributed by atoms with Crippen LogP contribution in [0.15, 0.2) is 71.6 Å². The Hall–Kier alpha value is -4.35. The number of esters is 1. The molecule has 0 saturated carbocycles. The van der Waals surface area contributed by atoms with E-state index < -0.39 is 22.0 Å². The van der Waals surface area contributed by atoms with Crippen LogP contribution in [0.3, 0.4) is 0 Å². The lowest BCUT2D eigenvalue weighted by Gasteiger charge is -2.13. The van der Waals surface area contributed by atoms with Gasteiger partial charge in [-0.2, -0.15) is 0 Å². The number of thioether (sulfide) groups is 1. The number of nitro benzene ring substituents is 1. The number of rotatable bonds is 9. The van der Waals surface area contributed by atoms with Crippen molar-refractivity contribution in [1.29, 1.82) is 0 Å². The summed E-state index contributed by atoms with van der Waals surface area (Å²) in [6, 6.07) is 16.5. The molecule has 10 nitrogen and oxygen atoms in total. The van der Waals surface area contributed by atoms with Gasteiger partial charge in [0.2, 0.25) is 0 Å². The molecule has 0 N–H and O–H groups in total. The maximum absolute atomic E-state index is 12.8. The van der Waals surface area contributed by atoms with Crippen molar-refractivity contribution in [3.05, 3.63) is 97.9 Å². The number of non-ortho nitro benzene ring substituents is 1. The molecular weight excluding hydrogens is 536 g/mol. The van der Waals surface area contributed by atoms with Gasteiger partial charge in [-0.15, -0.1) is 0 Å². The summed E-state index contributed by atoms with van der Waals surface area (Å²) in [6.45, 7) is 0.186. The van der Waals surface area contributed by atoms with Crippen LogP contribution in [-0.4, -0.2) is 47.2 Å². The molecule has 0 spiro atoms. The summed E-state index contributed by atoms with van der Waals surface area (Å²) in [4.78, 5) is 49.4. The first kappa shape index (κ1) is 26.7. The van der Waals surface area contributed by atoms with Crippen molar-refractivity contribution >= 4 is 52.2 Å². The van der Waals surface area contributed by atoms with Gasteiger partial charge in [0, 0.05) is 17.2 Å². The molecule has 3 aromatic carbocycles. The van der Waals surface area contributed by atoms with Gasteiger partial charge in [0.15, 0.2) is 11.5 Å². The Bertz CT molecular complexity index is 1440. The van der Waals surface area contributed by atoms with Crippen LogP contribution in [0.25, 0.3) is 6.08 Å². The molecule has 38 heavy (non-hydrogen) atoms. The topological polar surface area (TPSA) is 125 Å². The summed E-state index contributed by atoms with van der Waals surface area (Å²) >= 11 is 6.65. The van der Waals surface area contributed by atoms with Gasteiger partial charge >= 0.3 is 5.97 Å². The fraction of sp³-hybridized carbons (Fsp3) is 0.115. The quantitative estimate of drug-likeness (QED) is 0.109. The van der Waals surface area contributed by atoms with Crippen LogP contribution in [0.4, 0.5) is 10.5 Å². The smallest absolute Gasteiger partial charge is 0.343 e. The molecule has 1 aliphatic heterocycles. The number of hydrogen-bond donors (Lipinski definition) is 0. The average Bonchev–Trinajstić information content (AvgIpc) is 3.17. The van der Waals surface area contributed by atoms with Crippen molar-refractivity contribution < 1.29 is 33.5 Å². The van der Waals surface area contributed by atoms with Gasteiger partial charge in [0.1, 0.15) is 12.4 Å². The number of nitro groups is 1. The summed E-state index contributed by atoms with van der Waals surface area (Å²) in [6.07, 6.45) is 1.53. The van der Waals surface area contributed by atoms with E-state index >= 15 is 0 Å². The van der Waals surface area contributed by atoms with E-state index in [1.165, 1.54) is 43.5 Å². The molecule has 0 aliphatic carbocycles. The number of halogens is 1. The zero-order valence-electron chi connectivity index (χ0n) is 19.8. The number of ether oxygens (including phenoxy) is 3. The maximum Gasteiger partial charge on any atom is 0.343 e. The highest BCUT2D eigenvalue weighted by atomic mass is 35.5. The lowest BCUT2D eigenvalue weighted by Crippen LogP contribution is -2.32. The van der Waals surface area contributed by atoms with Crippen LogP contribution in [0.2, 0.25) is 5.02 Å². The molecule has 0 radical (unpaired) electrons. The number of benzene rings is 3. The van der Waals surface area contributed by atoms with Crippen molar-refractivity contribution in [3.63, 3.8) is 0 Å². The van der Waals surface area contributed by atoms with E-state index in [2.05, 4.69) is 0 Å². The number of imide groups is 1.